The fourth-order valence-corrected chi connectivity index (χ4v) is 2.06. The highest BCUT2D eigenvalue weighted by Crippen LogP contribution is 2.26. The number of nitrogens with zero attached hydrogens (tertiary/aromatic N) is 1. The Hall–Kier alpha value is -1.27. The number of rotatable bonds is 4. The molecule has 1 aromatic carbocycles. The van der Waals surface area contributed by atoms with Gasteiger partial charge in [0.15, 0.2) is 0 Å². The van der Waals surface area contributed by atoms with Gasteiger partial charge in [0.2, 0.25) is 0 Å². The van der Waals surface area contributed by atoms with E-state index in [0.717, 1.165) is 11.1 Å². The second kappa shape index (κ2) is 5.58. The number of nitrogens with two attached hydrogens (primary N) is 2. The van der Waals surface area contributed by atoms with Crippen LogP contribution in [0.3, 0.4) is 0 Å². The molecule has 2 aromatic rings. The Morgan fingerprint density at radius 1 is 1.33 bits per heavy atom. The number of aromatic nitrogens is 2. The van der Waals surface area contributed by atoms with Gasteiger partial charge in [-0.1, -0.05) is 29.3 Å². The quantitative estimate of drug-likeness (QED) is 0.511. The van der Waals surface area contributed by atoms with Crippen molar-refractivity contribution < 1.29 is 0 Å². The first-order valence-electron chi connectivity index (χ1n) is 5.30. The number of halogens is 2. The molecule has 0 aliphatic rings. The minimum atomic E-state index is -0.138. The standard InChI is InChI=1S/C11H13Cl2N5/c12-8-2-1-6(3-9(8)13)4-10(17-15)7-5-16-18-11(7)14/h1-3,5,10,17H,4,15H2,(H3,14,16,18). The number of anilines is 1. The molecule has 2 rings (SSSR count). The largest absolute Gasteiger partial charge is 0.384 e. The molecule has 1 aromatic heterocycles. The Bertz CT molecular complexity index is 540. The van der Waals surface area contributed by atoms with Gasteiger partial charge in [-0.15, -0.1) is 0 Å². The van der Waals surface area contributed by atoms with E-state index >= 15 is 0 Å². The molecule has 96 valence electrons. The molecule has 18 heavy (non-hydrogen) atoms. The van der Waals surface area contributed by atoms with Gasteiger partial charge in [-0.25, -0.2) is 0 Å². The number of aromatic amines is 1. The summed E-state index contributed by atoms with van der Waals surface area (Å²) >= 11 is 11.8. The molecule has 0 aliphatic carbocycles. The van der Waals surface area contributed by atoms with Crippen molar-refractivity contribution >= 4 is 29.0 Å². The highest BCUT2D eigenvalue weighted by Gasteiger charge is 2.15. The Kier molecular flexibility index (Phi) is 4.08. The lowest BCUT2D eigenvalue weighted by Gasteiger charge is -2.15. The van der Waals surface area contributed by atoms with Crippen LogP contribution >= 0.6 is 23.2 Å². The van der Waals surface area contributed by atoms with Crippen molar-refractivity contribution in [1.29, 1.82) is 0 Å². The number of hydrazine groups is 1. The Morgan fingerprint density at radius 2 is 2.11 bits per heavy atom. The predicted octanol–water partition coefficient (Wildman–Crippen LogP) is 2.05. The zero-order valence-corrected chi connectivity index (χ0v) is 11.0. The van der Waals surface area contributed by atoms with Crippen molar-refractivity contribution in [2.24, 2.45) is 5.84 Å². The van der Waals surface area contributed by atoms with Gasteiger partial charge in [0.05, 0.1) is 22.3 Å². The molecule has 5 nitrogen and oxygen atoms in total. The van der Waals surface area contributed by atoms with E-state index in [1.54, 1.807) is 12.3 Å². The highest BCUT2D eigenvalue weighted by atomic mass is 35.5. The lowest BCUT2D eigenvalue weighted by atomic mass is 10.0. The van der Waals surface area contributed by atoms with Gasteiger partial charge in [-0.05, 0) is 24.1 Å². The van der Waals surface area contributed by atoms with Crippen molar-refractivity contribution in [1.82, 2.24) is 15.6 Å². The average Bonchev–Trinajstić information content (AvgIpc) is 2.77. The second-order valence-electron chi connectivity index (χ2n) is 3.91. The van der Waals surface area contributed by atoms with Crippen LogP contribution in [0.4, 0.5) is 5.82 Å². The predicted molar refractivity (Wildman–Crippen MR) is 73.2 cm³/mol. The summed E-state index contributed by atoms with van der Waals surface area (Å²) in [5.74, 6) is 6.04. The highest BCUT2D eigenvalue weighted by molar-refractivity contribution is 6.42. The van der Waals surface area contributed by atoms with Crippen LogP contribution < -0.4 is 17.0 Å². The summed E-state index contributed by atoms with van der Waals surface area (Å²) in [5, 5.41) is 7.59. The molecule has 0 radical (unpaired) electrons. The van der Waals surface area contributed by atoms with Crippen molar-refractivity contribution in [2.45, 2.75) is 12.5 Å². The molecule has 0 saturated heterocycles. The Balaban J connectivity index is 2.20. The van der Waals surface area contributed by atoms with Crippen molar-refractivity contribution in [3.63, 3.8) is 0 Å². The van der Waals surface area contributed by atoms with E-state index in [1.807, 2.05) is 12.1 Å². The van der Waals surface area contributed by atoms with E-state index in [2.05, 4.69) is 15.6 Å². The fourth-order valence-electron chi connectivity index (χ4n) is 1.74. The van der Waals surface area contributed by atoms with E-state index in [0.29, 0.717) is 22.3 Å². The molecule has 1 heterocycles. The number of nitrogens with one attached hydrogen (secondary N) is 2. The summed E-state index contributed by atoms with van der Waals surface area (Å²) in [6, 6.07) is 5.33. The van der Waals surface area contributed by atoms with Crippen LogP contribution in [0.25, 0.3) is 0 Å². The first-order chi connectivity index (χ1) is 8.61. The molecule has 0 bridgehead atoms. The van der Waals surface area contributed by atoms with E-state index in [-0.39, 0.29) is 6.04 Å². The van der Waals surface area contributed by atoms with Crippen molar-refractivity contribution in [3.05, 3.63) is 45.6 Å². The van der Waals surface area contributed by atoms with Gasteiger partial charge in [-0.3, -0.25) is 16.4 Å². The van der Waals surface area contributed by atoms with Crippen LogP contribution in [-0.2, 0) is 6.42 Å². The van der Waals surface area contributed by atoms with Gasteiger partial charge in [0.1, 0.15) is 5.82 Å². The number of benzene rings is 1. The first-order valence-corrected chi connectivity index (χ1v) is 6.06. The maximum absolute atomic E-state index is 5.97. The summed E-state index contributed by atoms with van der Waals surface area (Å²) in [4.78, 5) is 0. The Morgan fingerprint density at radius 3 is 2.67 bits per heavy atom. The summed E-state index contributed by atoms with van der Waals surface area (Å²) in [7, 11) is 0. The zero-order chi connectivity index (χ0) is 13.1. The summed E-state index contributed by atoms with van der Waals surface area (Å²) in [6.07, 6.45) is 2.29. The number of hydrogen-bond donors (Lipinski definition) is 4. The van der Waals surface area contributed by atoms with Crippen molar-refractivity contribution in [3.8, 4) is 0 Å². The molecule has 1 atom stereocenters. The topological polar surface area (TPSA) is 92.7 Å². The first kappa shape index (κ1) is 13.2. The van der Waals surface area contributed by atoms with Gasteiger partial charge < -0.3 is 5.73 Å². The summed E-state index contributed by atoms with van der Waals surface area (Å²) in [5.41, 5.74) is 10.3. The third kappa shape index (κ3) is 2.76. The van der Waals surface area contributed by atoms with Crippen LogP contribution in [0.15, 0.2) is 24.4 Å². The maximum atomic E-state index is 5.97. The molecule has 0 spiro atoms. The molecule has 0 amide bonds. The lowest BCUT2D eigenvalue weighted by Crippen LogP contribution is -2.29. The summed E-state index contributed by atoms with van der Waals surface area (Å²) < 4.78 is 0. The minimum absolute atomic E-state index is 0.138. The average molecular weight is 286 g/mol. The van der Waals surface area contributed by atoms with Gasteiger partial charge >= 0.3 is 0 Å². The molecule has 7 heteroatoms. The van der Waals surface area contributed by atoms with Crippen LogP contribution in [0, 0.1) is 0 Å². The molecule has 6 N–H and O–H groups in total. The van der Waals surface area contributed by atoms with Crippen LogP contribution in [-0.4, -0.2) is 10.2 Å². The monoisotopic (exact) mass is 285 g/mol. The molecule has 0 saturated carbocycles. The zero-order valence-electron chi connectivity index (χ0n) is 9.45. The Labute approximate surface area is 114 Å². The SMILES string of the molecule is NNC(Cc1ccc(Cl)c(Cl)c1)c1cn[nH]c1N. The van der Waals surface area contributed by atoms with Gasteiger partial charge in [-0.2, -0.15) is 5.10 Å². The lowest BCUT2D eigenvalue weighted by molar-refractivity contribution is 0.553. The summed E-state index contributed by atoms with van der Waals surface area (Å²) in [6.45, 7) is 0. The van der Waals surface area contributed by atoms with E-state index < -0.39 is 0 Å². The molecule has 1 unspecified atom stereocenters. The van der Waals surface area contributed by atoms with E-state index in [4.69, 9.17) is 34.8 Å². The minimum Gasteiger partial charge on any atom is -0.384 e. The smallest absolute Gasteiger partial charge is 0.123 e. The van der Waals surface area contributed by atoms with Crippen LogP contribution in [0.5, 0.6) is 0 Å². The van der Waals surface area contributed by atoms with Crippen LogP contribution in [0.1, 0.15) is 17.2 Å². The maximum Gasteiger partial charge on any atom is 0.123 e. The van der Waals surface area contributed by atoms with E-state index in [1.165, 1.54) is 0 Å². The third-order valence-corrected chi connectivity index (χ3v) is 3.44. The molecule has 0 fully saturated rings. The fraction of sp³-hybridized carbons (Fsp3) is 0.182. The molecular formula is C11H13Cl2N5. The molecular weight excluding hydrogens is 273 g/mol. The van der Waals surface area contributed by atoms with Crippen LogP contribution in [0.2, 0.25) is 10.0 Å². The number of nitrogen functional groups attached to an aromatic ring is 1. The van der Waals surface area contributed by atoms with Gasteiger partial charge in [0, 0.05) is 5.56 Å². The van der Waals surface area contributed by atoms with Gasteiger partial charge in [0.25, 0.3) is 0 Å². The molecule has 0 aliphatic heterocycles. The second-order valence-corrected chi connectivity index (χ2v) is 4.73. The number of hydrogen-bond acceptors (Lipinski definition) is 4. The normalized spacial score (nSPS) is 12.6. The number of H-pyrrole nitrogens is 1. The van der Waals surface area contributed by atoms with E-state index in [9.17, 15) is 0 Å². The van der Waals surface area contributed by atoms with Crippen molar-refractivity contribution in [2.75, 3.05) is 5.73 Å². The third-order valence-electron chi connectivity index (χ3n) is 2.70.